The molecule has 2 rings (SSSR count). The van der Waals surface area contributed by atoms with Gasteiger partial charge in [-0.3, -0.25) is 10.1 Å². The minimum Gasteiger partial charge on any atom is -0.451 e. The lowest BCUT2D eigenvalue weighted by Crippen LogP contribution is -2.14. The van der Waals surface area contributed by atoms with E-state index in [1.165, 1.54) is 0 Å². The van der Waals surface area contributed by atoms with Crippen molar-refractivity contribution < 1.29 is 4.74 Å². The van der Waals surface area contributed by atoms with Gasteiger partial charge in [-0.25, -0.2) is 4.98 Å². The second-order valence-corrected chi connectivity index (χ2v) is 3.99. The number of amidine groups is 1. The second kappa shape index (κ2) is 4.48. The first-order valence-corrected chi connectivity index (χ1v) is 5.48. The summed E-state index contributed by atoms with van der Waals surface area (Å²) in [7, 11) is 1.85. The Morgan fingerprint density at radius 3 is 2.72 bits per heavy atom. The fraction of sp³-hybridized carbons (Fsp3) is 0.250. The molecule has 0 aromatic carbocycles. The third-order valence-corrected chi connectivity index (χ3v) is 2.68. The molecular weight excluding hydrogens is 230 g/mol. The molecule has 0 aliphatic heterocycles. The minimum atomic E-state index is -0.121. The summed E-state index contributed by atoms with van der Waals surface area (Å²) in [4.78, 5) is 4.04. The van der Waals surface area contributed by atoms with Gasteiger partial charge in [-0.1, -0.05) is 0 Å². The Balaban J connectivity index is 2.43. The lowest BCUT2D eigenvalue weighted by Gasteiger charge is -2.09. The fourth-order valence-electron chi connectivity index (χ4n) is 1.69. The zero-order valence-corrected chi connectivity index (χ0v) is 10.6. The van der Waals surface area contributed by atoms with Crippen LogP contribution in [-0.4, -0.2) is 20.6 Å². The van der Waals surface area contributed by atoms with E-state index in [0.717, 1.165) is 11.4 Å². The van der Waals surface area contributed by atoms with Crippen molar-refractivity contribution in [3.63, 3.8) is 0 Å². The van der Waals surface area contributed by atoms with Crippen molar-refractivity contribution >= 4 is 5.84 Å². The van der Waals surface area contributed by atoms with Crippen LogP contribution in [0.15, 0.2) is 18.3 Å². The van der Waals surface area contributed by atoms with Crippen LogP contribution in [0.1, 0.15) is 17.1 Å². The predicted octanol–water partition coefficient (Wildman–Crippen LogP) is 1.51. The van der Waals surface area contributed by atoms with Crippen LogP contribution in [0.5, 0.6) is 11.5 Å². The van der Waals surface area contributed by atoms with Crippen molar-refractivity contribution in [2.75, 3.05) is 0 Å². The van der Waals surface area contributed by atoms with Crippen molar-refractivity contribution in [1.29, 1.82) is 5.41 Å². The van der Waals surface area contributed by atoms with E-state index in [1.54, 1.807) is 23.0 Å². The van der Waals surface area contributed by atoms with E-state index in [-0.39, 0.29) is 5.84 Å². The number of aromatic nitrogens is 3. The van der Waals surface area contributed by atoms with Crippen LogP contribution in [0.4, 0.5) is 0 Å². The molecule has 0 spiro atoms. The number of nitrogens with two attached hydrogens (primary N) is 1. The van der Waals surface area contributed by atoms with Gasteiger partial charge >= 0.3 is 0 Å². The van der Waals surface area contributed by atoms with Crippen LogP contribution in [0, 0.1) is 19.3 Å². The van der Waals surface area contributed by atoms with Gasteiger partial charge in [0.2, 0.25) is 0 Å². The van der Waals surface area contributed by atoms with E-state index in [0.29, 0.717) is 17.2 Å². The SMILES string of the molecule is Cc1nn(C)c(C)c1Oc1cccnc1C(=N)N. The van der Waals surface area contributed by atoms with Crippen molar-refractivity contribution in [3.05, 3.63) is 35.4 Å². The van der Waals surface area contributed by atoms with Crippen LogP contribution < -0.4 is 10.5 Å². The maximum atomic E-state index is 7.47. The molecule has 6 nitrogen and oxygen atoms in total. The number of nitrogens with zero attached hydrogens (tertiary/aromatic N) is 3. The number of pyridine rings is 1. The smallest absolute Gasteiger partial charge is 0.171 e. The third kappa shape index (κ3) is 2.04. The van der Waals surface area contributed by atoms with E-state index in [9.17, 15) is 0 Å². The predicted molar refractivity (Wildman–Crippen MR) is 68.0 cm³/mol. The lowest BCUT2D eigenvalue weighted by atomic mass is 10.3. The Hall–Kier alpha value is -2.37. The number of hydrogen-bond acceptors (Lipinski definition) is 4. The number of ether oxygens (including phenoxy) is 1. The van der Waals surface area contributed by atoms with Crippen LogP contribution in [0.2, 0.25) is 0 Å². The summed E-state index contributed by atoms with van der Waals surface area (Å²) in [6.45, 7) is 3.78. The van der Waals surface area contributed by atoms with Gasteiger partial charge in [0.1, 0.15) is 17.2 Å². The van der Waals surface area contributed by atoms with E-state index >= 15 is 0 Å². The lowest BCUT2D eigenvalue weighted by molar-refractivity contribution is 0.470. The zero-order chi connectivity index (χ0) is 13.3. The first kappa shape index (κ1) is 12.1. The molecule has 0 aliphatic rings. The van der Waals surface area contributed by atoms with E-state index < -0.39 is 0 Å². The van der Waals surface area contributed by atoms with Crippen LogP contribution >= 0.6 is 0 Å². The number of nitrogen functional groups attached to an aromatic ring is 1. The van der Waals surface area contributed by atoms with Gasteiger partial charge in [0.25, 0.3) is 0 Å². The van der Waals surface area contributed by atoms with Gasteiger partial charge in [0.15, 0.2) is 11.5 Å². The highest BCUT2D eigenvalue weighted by molar-refractivity contribution is 5.95. The Morgan fingerprint density at radius 2 is 2.17 bits per heavy atom. The summed E-state index contributed by atoms with van der Waals surface area (Å²) in [5.74, 6) is 1.02. The van der Waals surface area contributed by atoms with Crippen molar-refractivity contribution in [2.24, 2.45) is 12.8 Å². The van der Waals surface area contributed by atoms with Crippen LogP contribution in [-0.2, 0) is 7.05 Å². The minimum absolute atomic E-state index is 0.121. The summed E-state index contributed by atoms with van der Waals surface area (Å²) in [6, 6.07) is 3.47. The molecule has 6 heteroatoms. The normalized spacial score (nSPS) is 10.4. The second-order valence-electron chi connectivity index (χ2n) is 3.99. The van der Waals surface area contributed by atoms with E-state index in [1.807, 2.05) is 20.9 Å². The maximum absolute atomic E-state index is 7.47. The highest BCUT2D eigenvalue weighted by Crippen LogP contribution is 2.29. The molecule has 18 heavy (non-hydrogen) atoms. The fourth-order valence-corrected chi connectivity index (χ4v) is 1.69. The maximum Gasteiger partial charge on any atom is 0.171 e. The molecule has 0 bridgehead atoms. The average molecular weight is 245 g/mol. The van der Waals surface area contributed by atoms with Crippen molar-refractivity contribution in [1.82, 2.24) is 14.8 Å². The summed E-state index contributed by atoms with van der Waals surface area (Å²) in [6.07, 6.45) is 1.58. The molecule has 0 unspecified atom stereocenters. The first-order valence-electron chi connectivity index (χ1n) is 5.48. The topological polar surface area (TPSA) is 89.8 Å². The summed E-state index contributed by atoms with van der Waals surface area (Å²) in [5.41, 5.74) is 7.50. The molecule has 2 aromatic heterocycles. The molecule has 3 N–H and O–H groups in total. The van der Waals surface area contributed by atoms with Gasteiger partial charge in [0.05, 0.1) is 5.69 Å². The van der Waals surface area contributed by atoms with Gasteiger partial charge in [-0.05, 0) is 26.0 Å². The largest absolute Gasteiger partial charge is 0.451 e. The van der Waals surface area contributed by atoms with Gasteiger partial charge in [-0.15, -0.1) is 0 Å². The quantitative estimate of drug-likeness (QED) is 0.633. The molecule has 0 atom stereocenters. The van der Waals surface area contributed by atoms with Crippen LogP contribution in [0.3, 0.4) is 0 Å². The number of nitrogens with one attached hydrogen (secondary N) is 1. The summed E-state index contributed by atoms with van der Waals surface area (Å²) < 4.78 is 7.53. The molecule has 0 aliphatic carbocycles. The van der Waals surface area contributed by atoms with E-state index in [4.69, 9.17) is 15.9 Å². The highest BCUT2D eigenvalue weighted by Gasteiger charge is 2.15. The first-order chi connectivity index (χ1) is 8.50. The molecule has 2 heterocycles. The Kier molecular flexibility index (Phi) is 3.01. The summed E-state index contributed by atoms with van der Waals surface area (Å²) in [5, 5.41) is 11.7. The standard InChI is InChI=1S/C12H15N5O/c1-7-11(8(2)17(3)16-7)18-9-5-4-6-15-10(9)12(13)14/h4-6H,1-3H3,(H3,13,14). The van der Waals surface area contributed by atoms with Crippen molar-refractivity contribution in [2.45, 2.75) is 13.8 Å². The molecule has 0 radical (unpaired) electrons. The molecular formula is C12H15N5O. The Morgan fingerprint density at radius 1 is 1.44 bits per heavy atom. The van der Waals surface area contributed by atoms with Gasteiger partial charge < -0.3 is 10.5 Å². The third-order valence-electron chi connectivity index (χ3n) is 2.68. The molecule has 94 valence electrons. The number of aryl methyl sites for hydroxylation is 2. The number of hydrogen-bond donors (Lipinski definition) is 2. The molecule has 2 aromatic rings. The highest BCUT2D eigenvalue weighted by atomic mass is 16.5. The molecule has 0 amide bonds. The Bertz CT molecular complexity index is 603. The molecule has 0 saturated heterocycles. The van der Waals surface area contributed by atoms with Crippen LogP contribution in [0.25, 0.3) is 0 Å². The van der Waals surface area contributed by atoms with Crippen molar-refractivity contribution in [3.8, 4) is 11.5 Å². The number of rotatable bonds is 3. The molecule has 0 fully saturated rings. The zero-order valence-electron chi connectivity index (χ0n) is 10.6. The van der Waals surface area contributed by atoms with Gasteiger partial charge in [-0.2, -0.15) is 5.10 Å². The van der Waals surface area contributed by atoms with Gasteiger partial charge in [0, 0.05) is 13.2 Å². The average Bonchev–Trinajstić information content (AvgIpc) is 2.56. The summed E-state index contributed by atoms with van der Waals surface area (Å²) >= 11 is 0. The molecule has 0 saturated carbocycles. The monoisotopic (exact) mass is 245 g/mol. The Labute approximate surface area is 105 Å². The van der Waals surface area contributed by atoms with E-state index in [2.05, 4.69) is 10.1 Å².